The van der Waals surface area contributed by atoms with Crippen LogP contribution in [0.2, 0.25) is 0 Å². The van der Waals surface area contributed by atoms with E-state index in [1.54, 1.807) is 4.57 Å². The zero-order chi connectivity index (χ0) is 24.0. The first-order valence-corrected chi connectivity index (χ1v) is 13.9. The summed E-state index contributed by atoms with van der Waals surface area (Å²) in [5.74, 6) is 4.08. The Kier molecular flexibility index (Phi) is 4.97. The van der Waals surface area contributed by atoms with Gasteiger partial charge in [-0.1, -0.05) is 26.0 Å². The molecule has 10 unspecified atom stereocenters. The van der Waals surface area contributed by atoms with Crippen LogP contribution in [0.5, 0.6) is 0 Å². The molecule has 3 heterocycles. The van der Waals surface area contributed by atoms with E-state index in [2.05, 4.69) is 23.7 Å². The van der Waals surface area contributed by atoms with Gasteiger partial charge < -0.3 is 9.67 Å². The fraction of sp³-hybridized carbons (Fsp3) is 0.690. The summed E-state index contributed by atoms with van der Waals surface area (Å²) < 4.78 is 1.80. The summed E-state index contributed by atoms with van der Waals surface area (Å²) in [7, 11) is 0. The summed E-state index contributed by atoms with van der Waals surface area (Å²) in [5, 5.41) is 9.71. The lowest BCUT2D eigenvalue weighted by molar-refractivity contribution is -0.0774. The largest absolute Gasteiger partial charge is 0.476 e. The van der Waals surface area contributed by atoms with Crippen molar-refractivity contribution in [3.63, 3.8) is 0 Å². The molecule has 5 fully saturated rings. The Morgan fingerprint density at radius 2 is 1.69 bits per heavy atom. The van der Waals surface area contributed by atoms with Gasteiger partial charge in [0.15, 0.2) is 0 Å². The molecule has 10 atom stereocenters. The number of aromatic nitrogens is 2. The molecule has 0 amide bonds. The third-order valence-electron chi connectivity index (χ3n) is 11.1. The molecule has 6 heteroatoms. The predicted octanol–water partition coefficient (Wildman–Crippen LogP) is 4.97. The number of carboxylic acids is 1. The number of hydrogen-bond donors (Lipinski definition) is 1. The van der Waals surface area contributed by atoms with Crippen LogP contribution in [0.3, 0.4) is 0 Å². The van der Waals surface area contributed by atoms with Crippen LogP contribution in [0.4, 0.5) is 0 Å². The minimum absolute atomic E-state index is 0.0248. The highest BCUT2D eigenvalue weighted by Gasteiger charge is 2.57. The number of carboxylic acid groups (broad SMARTS) is 1. The molecule has 2 saturated heterocycles. The Balaban J connectivity index is 1.25. The molecule has 0 spiro atoms. The Hall–Kier alpha value is -2.21. The molecule has 1 N–H and O–H groups in total. The van der Waals surface area contributed by atoms with Crippen LogP contribution in [0, 0.1) is 35.5 Å². The van der Waals surface area contributed by atoms with E-state index >= 15 is 0 Å². The van der Waals surface area contributed by atoms with Crippen LogP contribution < -0.4 is 5.56 Å². The predicted molar refractivity (Wildman–Crippen MR) is 134 cm³/mol. The SMILES string of the molecule is CC1CCC2CC(n3c(=O)c(C(=O)O)nc4ccccc43)CC1N2C1CC2CC3C(C)C(C1)C3C2. The Morgan fingerprint density at radius 3 is 2.51 bits per heavy atom. The smallest absolute Gasteiger partial charge is 0.360 e. The van der Waals surface area contributed by atoms with Crippen LogP contribution in [-0.2, 0) is 0 Å². The molecule has 7 rings (SSSR count). The number of carbonyl (C=O) groups is 1. The fourth-order valence-corrected chi connectivity index (χ4v) is 9.57. The van der Waals surface area contributed by atoms with Gasteiger partial charge in [0.1, 0.15) is 0 Å². The molecule has 1 aromatic carbocycles. The summed E-state index contributed by atoms with van der Waals surface area (Å²) in [6.07, 6.45) is 9.95. The molecule has 6 nitrogen and oxygen atoms in total. The van der Waals surface area contributed by atoms with Gasteiger partial charge in [-0.25, -0.2) is 9.78 Å². The quantitative estimate of drug-likeness (QED) is 0.678. The van der Waals surface area contributed by atoms with E-state index in [0.29, 0.717) is 29.6 Å². The second kappa shape index (κ2) is 7.89. The lowest BCUT2D eigenvalue weighted by Gasteiger charge is -2.57. The zero-order valence-electron chi connectivity index (χ0n) is 20.8. The lowest BCUT2D eigenvalue weighted by atomic mass is 9.56. The second-order valence-corrected chi connectivity index (χ2v) is 12.6. The summed E-state index contributed by atoms with van der Waals surface area (Å²) in [6.45, 7) is 4.91. The molecule has 4 bridgehead atoms. The molecular weight excluding hydrogens is 438 g/mol. The Morgan fingerprint density at radius 1 is 0.914 bits per heavy atom. The van der Waals surface area contributed by atoms with E-state index in [-0.39, 0.29) is 11.7 Å². The van der Waals surface area contributed by atoms with Crippen LogP contribution >= 0.6 is 0 Å². The molecule has 1 aromatic heterocycles. The van der Waals surface area contributed by atoms with E-state index in [1.807, 2.05) is 24.3 Å². The average molecular weight is 476 g/mol. The number of nitrogens with zero attached hydrogens (tertiary/aromatic N) is 3. The van der Waals surface area contributed by atoms with E-state index in [0.717, 1.165) is 47.9 Å². The minimum atomic E-state index is -1.23. The van der Waals surface area contributed by atoms with Gasteiger partial charge in [-0.2, -0.15) is 0 Å². The van der Waals surface area contributed by atoms with Crippen molar-refractivity contribution in [2.45, 2.75) is 89.4 Å². The zero-order valence-corrected chi connectivity index (χ0v) is 20.8. The first-order chi connectivity index (χ1) is 16.9. The van der Waals surface area contributed by atoms with Gasteiger partial charge in [0.25, 0.3) is 5.56 Å². The maximum absolute atomic E-state index is 13.4. The van der Waals surface area contributed by atoms with Crippen molar-refractivity contribution < 1.29 is 9.90 Å². The van der Waals surface area contributed by atoms with Crippen molar-refractivity contribution in [1.82, 2.24) is 14.5 Å². The molecular formula is C29H37N3O3. The molecule has 2 aliphatic heterocycles. The van der Waals surface area contributed by atoms with Gasteiger partial charge in [-0.15, -0.1) is 0 Å². The van der Waals surface area contributed by atoms with Crippen LogP contribution in [0.15, 0.2) is 29.1 Å². The summed E-state index contributed by atoms with van der Waals surface area (Å²) in [5.41, 5.74) is 0.574. The van der Waals surface area contributed by atoms with Gasteiger partial charge in [0.05, 0.1) is 11.0 Å². The summed E-state index contributed by atoms with van der Waals surface area (Å²) >= 11 is 0. The number of para-hydroxylation sites is 2. The molecule has 5 aliphatic rings. The Labute approximate surface area is 206 Å². The number of benzene rings is 1. The number of hydrogen-bond acceptors (Lipinski definition) is 4. The van der Waals surface area contributed by atoms with Gasteiger partial charge in [-0.05, 0) is 99.0 Å². The first kappa shape index (κ1) is 22.0. The highest BCUT2D eigenvalue weighted by molar-refractivity contribution is 5.88. The van der Waals surface area contributed by atoms with E-state index in [9.17, 15) is 14.7 Å². The maximum Gasteiger partial charge on any atom is 0.360 e. The number of fused-ring (bicyclic) bond motifs is 4. The van der Waals surface area contributed by atoms with Crippen molar-refractivity contribution in [2.24, 2.45) is 35.5 Å². The van der Waals surface area contributed by atoms with Gasteiger partial charge in [0, 0.05) is 24.2 Å². The van der Waals surface area contributed by atoms with Crippen LogP contribution in [0.25, 0.3) is 11.0 Å². The van der Waals surface area contributed by atoms with E-state index in [4.69, 9.17) is 0 Å². The minimum Gasteiger partial charge on any atom is -0.476 e. The van der Waals surface area contributed by atoms with Crippen molar-refractivity contribution in [3.05, 3.63) is 40.3 Å². The van der Waals surface area contributed by atoms with Crippen LogP contribution in [0.1, 0.15) is 81.7 Å². The molecule has 3 aliphatic carbocycles. The lowest BCUT2D eigenvalue weighted by Crippen LogP contribution is -2.61. The highest BCUT2D eigenvalue weighted by atomic mass is 16.4. The van der Waals surface area contributed by atoms with Gasteiger partial charge in [-0.3, -0.25) is 9.69 Å². The molecule has 3 saturated carbocycles. The summed E-state index contributed by atoms with van der Waals surface area (Å²) in [4.78, 5) is 32.5. The highest BCUT2D eigenvalue weighted by Crippen LogP contribution is 2.62. The number of piperidine rings is 2. The molecule has 2 aromatic rings. The first-order valence-electron chi connectivity index (χ1n) is 13.9. The molecule has 0 radical (unpaired) electrons. The number of aromatic carboxylic acids is 1. The fourth-order valence-electron chi connectivity index (χ4n) is 9.57. The van der Waals surface area contributed by atoms with Gasteiger partial charge in [0.2, 0.25) is 5.69 Å². The standard InChI is InChI=1S/C29H37N3O3/c1-15-7-8-18-12-20(32-25-6-4-3-5-24(25)30-27(28(32)33)29(34)35)14-26(15)31(18)19-9-17-10-21-16(2)22(13-19)23(21)11-17/h3-6,15-23,26H,7-14H2,1-2H3,(H,34,35). The average Bonchev–Trinajstić information content (AvgIpc) is 3.12. The van der Waals surface area contributed by atoms with Crippen LogP contribution in [-0.4, -0.2) is 43.7 Å². The molecule has 35 heavy (non-hydrogen) atoms. The van der Waals surface area contributed by atoms with Crippen molar-refractivity contribution in [2.75, 3.05) is 0 Å². The topological polar surface area (TPSA) is 75.4 Å². The van der Waals surface area contributed by atoms with Crippen molar-refractivity contribution in [3.8, 4) is 0 Å². The van der Waals surface area contributed by atoms with E-state index in [1.165, 1.54) is 38.5 Å². The molecule has 186 valence electrons. The van der Waals surface area contributed by atoms with Crippen molar-refractivity contribution >= 4 is 17.0 Å². The third kappa shape index (κ3) is 3.21. The summed E-state index contributed by atoms with van der Waals surface area (Å²) in [6, 6.07) is 9.19. The third-order valence-corrected chi connectivity index (χ3v) is 11.1. The normalized spacial score (nSPS) is 42.5. The van der Waals surface area contributed by atoms with Gasteiger partial charge >= 0.3 is 5.97 Å². The van der Waals surface area contributed by atoms with Crippen molar-refractivity contribution in [1.29, 1.82) is 0 Å². The monoisotopic (exact) mass is 475 g/mol. The van der Waals surface area contributed by atoms with E-state index < -0.39 is 11.5 Å². The maximum atomic E-state index is 13.4. The Bertz CT molecular complexity index is 1240. The number of rotatable bonds is 3. The second-order valence-electron chi connectivity index (χ2n) is 12.6.